The first-order valence-corrected chi connectivity index (χ1v) is 12.2. The quantitative estimate of drug-likeness (QED) is 0.456. The lowest BCUT2D eigenvalue weighted by molar-refractivity contribution is 0.149. The summed E-state index contributed by atoms with van der Waals surface area (Å²) in [5, 5.41) is 13.8. The highest BCUT2D eigenvalue weighted by atomic mass is 16.5. The van der Waals surface area contributed by atoms with Gasteiger partial charge in [-0.05, 0) is 96.4 Å². The van der Waals surface area contributed by atoms with Gasteiger partial charge >= 0.3 is 0 Å². The number of nitrogens with one attached hydrogen (secondary N) is 1. The SMILES string of the molecule is COc1ccc(Cn2nnnc2[C@H](c2cc3ccc(C)c(C)c3[nH]c2=O)N2CCC(C)CC2)cc1. The molecule has 1 N–H and O–H groups in total. The lowest BCUT2D eigenvalue weighted by Crippen LogP contribution is -2.40. The molecular formula is C27H32N6O2. The van der Waals surface area contributed by atoms with Gasteiger partial charge in [0, 0.05) is 5.56 Å². The number of nitrogens with zero attached hydrogens (tertiary/aromatic N) is 5. The Morgan fingerprint density at radius 1 is 1.11 bits per heavy atom. The molecule has 0 spiro atoms. The zero-order valence-corrected chi connectivity index (χ0v) is 20.8. The Labute approximate surface area is 204 Å². The summed E-state index contributed by atoms with van der Waals surface area (Å²) in [5.74, 6) is 2.16. The molecule has 0 amide bonds. The van der Waals surface area contributed by atoms with E-state index in [4.69, 9.17) is 4.74 Å². The summed E-state index contributed by atoms with van der Waals surface area (Å²) in [6, 6.07) is 13.8. The molecule has 1 atom stereocenters. The van der Waals surface area contributed by atoms with Crippen molar-refractivity contribution in [2.45, 2.75) is 46.2 Å². The molecule has 5 rings (SSSR count). The van der Waals surface area contributed by atoms with Crippen molar-refractivity contribution in [3.8, 4) is 5.75 Å². The van der Waals surface area contributed by atoms with Crippen LogP contribution in [0.25, 0.3) is 10.9 Å². The minimum absolute atomic E-state index is 0.0891. The molecule has 1 fully saturated rings. The Bertz CT molecular complexity index is 1380. The molecule has 3 heterocycles. The number of ether oxygens (including phenoxy) is 1. The van der Waals surface area contributed by atoms with E-state index in [1.807, 2.05) is 41.9 Å². The van der Waals surface area contributed by atoms with Crippen LogP contribution in [0.1, 0.15) is 53.9 Å². The highest BCUT2D eigenvalue weighted by molar-refractivity contribution is 5.83. The van der Waals surface area contributed by atoms with Gasteiger partial charge in [-0.15, -0.1) is 5.10 Å². The number of fused-ring (bicyclic) bond motifs is 1. The van der Waals surface area contributed by atoms with Crippen LogP contribution in [-0.2, 0) is 6.54 Å². The summed E-state index contributed by atoms with van der Waals surface area (Å²) in [6.45, 7) is 8.69. The Balaban J connectivity index is 1.59. The van der Waals surface area contributed by atoms with Crippen LogP contribution in [0, 0.1) is 19.8 Å². The van der Waals surface area contributed by atoms with Crippen molar-refractivity contribution in [3.63, 3.8) is 0 Å². The molecule has 1 saturated heterocycles. The van der Waals surface area contributed by atoms with Crippen molar-refractivity contribution in [1.82, 2.24) is 30.1 Å². The fourth-order valence-corrected chi connectivity index (χ4v) is 4.95. The van der Waals surface area contributed by atoms with Crippen molar-refractivity contribution in [2.24, 2.45) is 5.92 Å². The van der Waals surface area contributed by atoms with E-state index in [2.05, 4.69) is 51.4 Å². The smallest absolute Gasteiger partial charge is 0.253 e. The van der Waals surface area contributed by atoms with Crippen LogP contribution in [0.15, 0.2) is 47.3 Å². The van der Waals surface area contributed by atoms with Crippen LogP contribution in [0.2, 0.25) is 0 Å². The largest absolute Gasteiger partial charge is 0.497 e. The number of piperidine rings is 1. The number of rotatable bonds is 6. The fraction of sp³-hybridized carbons (Fsp3) is 0.407. The Morgan fingerprint density at radius 3 is 2.57 bits per heavy atom. The normalized spacial score (nSPS) is 16.0. The first-order valence-electron chi connectivity index (χ1n) is 12.2. The number of aryl methyl sites for hydroxylation is 2. The third kappa shape index (κ3) is 4.58. The van der Waals surface area contributed by atoms with Crippen LogP contribution in [0.3, 0.4) is 0 Å². The molecule has 2 aromatic heterocycles. The van der Waals surface area contributed by atoms with Crippen molar-refractivity contribution >= 4 is 10.9 Å². The van der Waals surface area contributed by atoms with Gasteiger partial charge in [-0.25, -0.2) is 4.68 Å². The van der Waals surface area contributed by atoms with E-state index in [9.17, 15) is 4.79 Å². The van der Waals surface area contributed by atoms with Crippen molar-refractivity contribution in [2.75, 3.05) is 20.2 Å². The maximum Gasteiger partial charge on any atom is 0.253 e. The van der Waals surface area contributed by atoms with Crippen LogP contribution in [-0.4, -0.2) is 50.3 Å². The number of benzene rings is 2. The molecule has 0 unspecified atom stereocenters. The van der Waals surface area contributed by atoms with Gasteiger partial charge in [0.25, 0.3) is 5.56 Å². The van der Waals surface area contributed by atoms with Gasteiger partial charge < -0.3 is 9.72 Å². The molecule has 0 radical (unpaired) electrons. The first-order chi connectivity index (χ1) is 16.9. The van der Waals surface area contributed by atoms with Crippen LogP contribution in [0.5, 0.6) is 5.75 Å². The van der Waals surface area contributed by atoms with Gasteiger partial charge in [-0.2, -0.15) is 0 Å². The van der Waals surface area contributed by atoms with E-state index < -0.39 is 0 Å². The molecule has 1 aliphatic heterocycles. The average molecular weight is 473 g/mol. The summed E-state index contributed by atoms with van der Waals surface area (Å²) >= 11 is 0. The third-order valence-electron chi connectivity index (χ3n) is 7.35. The summed E-state index contributed by atoms with van der Waals surface area (Å²) in [4.78, 5) is 19.0. The molecule has 4 aromatic rings. The van der Waals surface area contributed by atoms with Crippen LogP contribution in [0.4, 0.5) is 0 Å². The number of tetrazole rings is 1. The van der Waals surface area contributed by atoms with E-state index in [1.165, 1.54) is 0 Å². The van der Waals surface area contributed by atoms with E-state index in [0.29, 0.717) is 23.9 Å². The third-order valence-corrected chi connectivity index (χ3v) is 7.35. The molecule has 0 bridgehead atoms. The van der Waals surface area contributed by atoms with E-state index in [0.717, 1.165) is 59.3 Å². The molecule has 0 saturated carbocycles. The summed E-state index contributed by atoms with van der Waals surface area (Å²) in [6.07, 6.45) is 2.17. The number of likely N-dealkylation sites (tertiary alicyclic amines) is 1. The summed E-state index contributed by atoms with van der Waals surface area (Å²) in [5.41, 5.74) is 4.80. The second-order valence-electron chi connectivity index (χ2n) is 9.69. The monoisotopic (exact) mass is 472 g/mol. The Kier molecular flexibility index (Phi) is 6.38. The predicted molar refractivity (Wildman–Crippen MR) is 136 cm³/mol. The molecule has 35 heavy (non-hydrogen) atoms. The van der Waals surface area contributed by atoms with E-state index in [1.54, 1.807) is 7.11 Å². The number of hydrogen-bond donors (Lipinski definition) is 1. The first kappa shape index (κ1) is 23.2. The highest BCUT2D eigenvalue weighted by Crippen LogP contribution is 2.31. The standard InChI is InChI=1S/C27H32N6O2/c1-17-11-13-32(14-12-17)25(23-15-21-8-5-18(2)19(3)24(21)28-27(23)34)26-29-30-31-33(26)16-20-6-9-22(35-4)10-7-20/h5-10,15,17,25H,11-14,16H2,1-4H3,(H,28,34)/t25-/m0/s1. The number of pyridine rings is 1. The number of H-pyrrole nitrogens is 1. The van der Waals surface area contributed by atoms with E-state index >= 15 is 0 Å². The molecule has 0 aliphatic carbocycles. The molecule has 1 aliphatic rings. The van der Waals surface area contributed by atoms with Gasteiger partial charge in [0.2, 0.25) is 0 Å². The second kappa shape index (κ2) is 9.62. The topological polar surface area (TPSA) is 88.9 Å². The number of aromatic nitrogens is 5. The van der Waals surface area contributed by atoms with Gasteiger partial charge in [-0.3, -0.25) is 9.69 Å². The summed E-state index contributed by atoms with van der Waals surface area (Å²) in [7, 11) is 1.66. The van der Waals surface area contributed by atoms with E-state index in [-0.39, 0.29) is 11.6 Å². The molecule has 8 nitrogen and oxygen atoms in total. The van der Waals surface area contributed by atoms with Gasteiger partial charge in [0.05, 0.1) is 19.2 Å². The lowest BCUT2D eigenvalue weighted by Gasteiger charge is -2.36. The van der Waals surface area contributed by atoms with Crippen LogP contribution < -0.4 is 10.3 Å². The summed E-state index contributed by atoms with van der Waals surface area (Å²) < 4.78 is 7.10. The number of aromatic amines is 1. The zero-order valence-electron chi connectivity index (χ0n) is 20.8. The fourth-order valence-electron chi connectivity index (χ4n) is 4.95. The molecule has 8 heteroatoms. The zero-order chi connectivity index (χ0) is 24.5. The maximum absolute atomic E-state index is 13.5. The molecule has 2 aromatic carbocycles. The van der Waals surface area contributed by atoms with Crippen molar-refractivity contribution < 1.29 is 4.74 Å². The molecule has 182 valence electrons. The Morgan fingerprint density at radius 2 is 1.86 bits per heavy atom. The predicted octanol–water partition coefficient (Wildman–Crippen LogP) is 4.01. The average Bonchev–Trinajstić information content (AvgIpc) is 3.31. The number of hydrogen-bond acceptors (Lipinski definition) is 6. The van der Waals surface area contributed by atoms with Gasteiger partial charge in [-0.1, -0.05) is 31.2 Å². The maximum atomic E-state index is 13.5. The van der Waals surface area contributed by atoms with Crippen LogP contribution >= 0.6 is 0 Å². The van der Waals surface area contributed by atoms with Crippen molar-refractivity contribution in [3.05, 3.63) is 80.9 Å². The number of methoxy groups -OCH3 is 1. The minimum atomic E-state index is -0.328. The van der Waals surface area contributed by atoms with Gasteiger partial charge in [0.15, 0.2) is 5.82 Å². The van der Waals surface area contributed by atoms with Crippen molar-refractivity contribution in [1.29, 1.82) is 0 Å². The lowest BCUT2D eigenvalue weighted by atomic mass is 9.95. The highest BCUT2D eigenvalue weighted by Gasteiger charge is 2.32. The second-order valence-corrected chi connectivity index (χ2v) is 9.69. The Hall–Kier alpha value is -3.52. The molecular weight excluding hydrogens is 440 g/mol. The minimum Gasteiger partial charge on any atom is -0.497 e. The van der Waals surface area contributed by atoms with Gasteiger partial charge in [0.1, 0.15) is 11.8 Å².